The van der Waals surface area contributed by atoms with Gasteiger partial charge in [-0.25, -0.2) is 4.79 Å². The average Bonchev–Trinajstić information content (AvgIpc) is 3.31. The molecule has 3 rings (SSSR count). The van der Waals surface area contributed by atoms with Crippen molar-refractivity contribution < 1.29 is 14.0 Å². The van der Waals surface area contributed by atoms with Crippen LogP contribution in [0, 0.1) is 6.92 Å². The van der Waals surface area contributed by atoms with Crippen molar-refractivity contribution in [1.29, 1.82) is 0 Å². The van der Waals surface area contributed by atoms with Crippen molar-refractivity contribution in [2.24, 2.45) is 0 Å². The number of likely N-dealkylation sites (tertiary alicyclic amines) is 1. The molecule has 2 aromatic heterocycles. The molecular weight excluding hydrogens is 350 g/mol. The van der Waals surface area contributed by atoms with Gasteiger partial charge in [0.25, 0.3) is 5.91 Å². The van der Waals surface area contributed by atoms with Crippen LogP contribution < -0.4 is 5.32 Å². The van der Waals surface area contributed by atoms with E-state index in [9.17, 15) is 9.59 Å². The van der Waals surface area contributed by atoms with Crippen LogP contribution in [-0.2, 0) is 6.54 Å². The number of aryl methyl sites for hydroxylation is 1. The van der Waals surface area contributed by atoms with Gasteiger partial charge < -0.3 is 19.5 Å². The lowest BCUT2D eigenvalue weighted by Crippen LogP contribution is -2.52. The first kappa shape index (κ1) is 18.5. The predicted molar refractivity (Wildman–Crippen MR) is 101 cm³/mol. The predicted octanol–water partition coefficient (Wildman–Crippen LogP) is 3.49. The molecule has 0 spiro atoms. The molecule has 0 radical (unpaired) electrons. The second-order valence-electron chi connectivity index (χ2n) is 6.54. The zero-order chi connectivity index (χ0) is 18.5. The SMILES string of the molecule is CCN(Cc1ccc(C)o1)C(=O)NC1CCCN(C(=O)c2cccs2)C1. The Hall–Kier alpha value is -2.28. The van der Waals surface area contributed by atoms with Crippen molar-refractivity contribution in [2.75, 3.05) is 19.6 Å². The molecule has 26 heavy (non-hydrogen) atoms. The number of carbonyl (C=O) groups is 2. The molecule has 1 N–H and O–H groups in total. The van der Waals surface area contributed by atoms with E-state index in [-0.39, 0.29) is 18.0 Å². The molecule has 1 atom stereocenters. The lowest BCUT2D eigenvalue weighted by atomic mass is 10.1. The number of thiophene rings is 1. The van der Waals surface area contributed by atoms with Crippen molar-refractivity contribution in [3.63, 3.8) is 0 Å². The van der Waals surface area contributed by atoms with Crippen LogP contribution in [0.4, 0.5) is 4.79 Å². The summed E-state index contributed by atoms with van der Waals surface area (Å²) in [4.78, 5) is 29.5. The van der Waals surface area contributed by atoms with Crippen molar-refractivity contribution in [3.8, 4) is 0 Å². The van der Waals surface area contributed by atoms with Gasteiger partial charge in [0.15, 0.2) is 0 Å². The topological polar surface area (TPSA) is 65.8 Å². The van der Waals surface area contributed by atoms with Gasteiger partial charge in [-0.2, -0.15) is 0 Å². The lowest BCUT2D eigenvalue weighted by molar-refractivity contribution is 0.0699. The van der Waals surface area contributed by atoms with E-state index in [0.29, 0.717) is 19.6 Å². The molecule has 1 aliphatic heterocycles. The summed E-state index contributed by atoms with van der Waals surface area (Å²) in [5.41, 5.74) is 0. The summed E-state index contributed by atoms with van der Waals surface area (Å²) in [5, 5.41) is 4.99. The summed E-state index contributed by atoms with van der Waals surface area (Å²) in [7, 11) is 0. The Morgan fingerprint density at radius 3 is 2.88 bits per heavy atom. The van der Waals surface area contributed by atoms with Crippen LogP contribution >= 0.6 is 11.3 Å². The van der Waals surface area contributed by atoms with Crippen LogP contribution in [0.1, 0.15) is 41.0 Å². The normalized spacial score (nSPS) is 17.2. The van der Waals surface area contributed by atoms with E-state index in [1.165, 1.54) is 11.3 Å². The maximum absolute atomic E-state index is 12.6. The number of nitrogens with zero attached hydrogens (tertiary/aromatic N) is 2. The Bertz CT molecular complexity index is 741. The molecule has 0 aliphatic carbocycles. The van der Waals surface area contributed by atoms with Crippen molar-refractivity contribution >= 4 is 23.3 Å². The maximum Gasteiger partial charge on any atom is 0.318 e. The molecule has 0 aromatic carbocycles. The first-order valence-electron chi connectivity index (χ1n) is 9.00. The number of nitrogens with one attached hydrogen (secondary N) is 1. The summed E-state index contributed by atoms with van der Waals surface area (Å²) in [6.07, 6.45) is 1.78. The highest BCUT2D eigenvalue weighted by molar-refractivity contribution is 7.12. The van der Waals surface area contributed by atoms with E-state index in [1.807, 2.05) is 48.4 Å². The molecule has 2 aromatic rings. The molecule has 7 heteroatoms. The fraction of sp³-hybridized carbons (Fsp3) is 0.474. The van der Waals surface area contributed by atoms with Gasteiger partial charge in [0.1, 0.15) is 11.5 Å². The second kappa shape index (κ2) is 8.40. The van der Waals surface area contributed by atoms with Crippen LogP contribution in [0.5, 0.6) is 0 Å². The number of hydrogen-bond acceptors (Lipinski definition) is 4. The summed E-state index contributed by atoms with van der Waals surface area (Å²) < 4.78 is 5.57. The molecule has 0 bridgehead atoms. The molecule has 140 valence electrons. The van der Waals surface area contributed by atoms with Gasteiger partial charge in [-0.3, -0.25) is 4.79 Å². The number of rotatable bonds is 5. The Kier molecular flexibility index (Phi) is 5.98. The van der Waals surface area contributed by atoms with Gasteiger partial charge in [-0.05, 0) is 50.3 Å². The Labute approximate surface area is 157 Å². The Balaban J connectivity index is 1.56. The molecule has 1 aliphatic rings. The van der Waals surface area contributed by atoms with Gasteiger partial charge in [-0.15, -0.1) is 11.3 Å². The number of carbonyl (C=O) groups excluding carboxylic acids is 2. The third kappa shape index (κ3) is 4.46. The van der Waals surface area contributed by atoms with Crippen molar-refractivity contribution in [2.45, 2.75) is 39.3 Å². The quantitative estimate of drug-likeness (QED) is 0.870. The summed E-state index contributed by atoms with van der Waals surface area (Å²) in [5.74, 6) is 1.67. The van der Waals surface area contributed by atoms with Crippen LogP contribution in [0.2, 0.25) is 0 Å². The summed E-state index contributed by atoms with van der Waals surface area (Å²) in [6.45, 7) is 6.17. The molecule has 1 saturated heterocycles. The van der Waals surface area contributed by atoms with E-state index in [4.69, 9.17) is 4.42 Å². The highest BCUT2D eigenvalue weighted by Gasteiger charge is 2.27. The Morgan fingerprint density at radius 2 is 2.23 bits per heavy atom. The molecule has 1 fully saturated rings. The number of piperidine rings is 1. The number of amides is 3. The molecule has 6 nitrogen and oxygen atoms in total. The van der Waals surface area contributed by atoms with Crippen LogP contribution in [0.15, 0.2) is 34.1 Å². The molecule has 0 saturated carbocycles. The minimum atomic E-state index is -0.114. The molecular formula is C19H25N3O3S. The highest BCUT2D eigenvalue weighted by Crippen LogP contribution is 2.17. The summed E-state index contributed by atoms with van der Waals surface area (Å²) in [6, 6.07) is 7.39. The fourth-order valence-corrected chi connectivity index (χ4v) is 3.88. The number of urea groups is 1. The first-order chi connectivity index (χ1) is 12.6. The monoisotopic (exact) mass is 375 g/mol. The Morgan fingerprint density at radius 1 is 1.38 bits per heavy atom. The standard InChI is InChI=1S/C19H25N3O3S/c1-3-21(13-16-9-8-14(2)25-16)19(24)20-15-6-4-10-22(12-15)18(23)17-7-5-11-26-17/h5,7-9,11,15H,3-4,6,10,12-13H2,1-2H3,(H,20,24). The number of hydrogen-bond donors (Lipinski definition) is 1. The van der Waals surface area contributed by atoms with E-state index in [1.54, 1.807) is 4.90 Å². The minimum Gasteiger partial charge on any atom is -0.464 e. The summed E-state index contributed by atoms with van der Waals surface area (Å²) >= 11 is 1.45. The molecule has 1 unspecified atom stereocenters. The zero-order valence-corrected chi connectivity index (χ0v) is 16.1. The van der Waals surface area contributed by atoms with E-state index < -0.39 is 0 Å². The van der Waals surface area contributed by atoms with Crippen molar-refractivity contribution in [3.05, 3.63) is 46.0 Å². The third-order valence-electron chi connectivity index (χ3n) is 4.58. The van der Waals surface area contributed by atoms with Crippen LogP contribution in [0.3, 0.4) is 0 Å². The maximum atomic E-state index is 12.6. The zero-order valence-electron chi connectivity index (χ0n) is 15.2. The van der Waals surface area contributed by atoms with Gasteiger partial charge in [0.05, 0.1) is 11.4 Å². The van der Waals surface area contributed by atoms with Gasteiger partial charge >= 0.3 is 6.03 Å². The minimum absolute atomic E-state index is 0.0208. The smallest absolute Gasteiger partial charge is 0.318 e. The second-order valence-corrected chi connectivity index (χ2v) is 7.49. The number of furan rings is 1. The largest absolute Gasteiger partial charge is 0.464 e. The van der Waals surface area contributed by atoms with E-state index in [2.05, 4.69) is 5.32 Å². The van der Waals surface area contributed by atoms with Gasteiger partial charge in [0.2, 0.25) is 0 Å². The highest BCUT2D eigenvalue weighted by atomic mass is 32.1. The van der Waals surface area contributed by atoms with Crippen LogP contribution in [-0.4, -0.2) is 47.4 Å². The molecule has 3 amide bonds. The van der Waals surface area contributed by atoms with E-state index in [0.717, 1.165) is 35.8 Å². The third-order valence-corrected chi connectivity index (χ3v) is 5.44. The fourth-order valence-electron chi connectivity index (χ4n) is 3.19. The average molecular weight is 375 g/mol. The van der Waals surface area contributed by atoms with Crippen molar-refractivity contribution in [1.82, 2.24) is 15.1 Å². The first-order valence-corrected chi connectivity index (χ1v) is 9.88. The lowest BCUT2D eigenvalue weighted by Gasteiger charge is -2.34. The van der Waals surface area contributed by atoms with E-state index >= 15 is 0 Å². The van der Waals surface area contributed by atoms with Crippen LogP contribution in [0.25, 0.3) is 0 Å². The molecule has 3 heterocycles. The van der Waals surface area contributed by atoms with Gasteiger partial charge in [0, 0.05) is 25.7 Å². The van der Waals surface area contributed by atoms with Gasteiger partial charge in [-0.1, -0.05) is 6.07 Å².